The molecular weight excluding hydrogens is 226 g/mol. The molecule has 1 aliphatic heterocycles. The van der Waals surface area contributed by atoms with Gasteiger partial charge in [0.1, 0.15) is 10.7 Å². The molecule has 7 heteroatoms. The van der Waals surface area contributed by atoms with E-state index in [1.165, 1.54) is 11.5 Å². The molecule has 6 nitrogen and oxygen atoms in total. The van der Waals surface area contributed by atoms with Crippen LogP contribution in [-0.2, 0) is 11.3 Å². The van der Waals surface area contributed by atoms with Gasteiger partial charge >= 0.3 is 0 Å². The molecule has 0 radical (unpaired) electrons. The maximum atomic E-state index is 11.8. The molecule has 2 heterocycles. The molecule has 0 aliphatic carbocycles. The van der Waals surface area contributed by atoms with E-state index in [2.05, 4.69) is 15.0 Å². The molecule has 1 amide bonds. The fraction of sp³-hybridized carbons (Fsp3) is 0.667. The number of nitrogens with one attached hydrogen (secondary N) is 1. The van der Waals surface area contributed by atoms with Gasteiger partial charge in [0.15, 0.2) is 0 Å². The summed E-state index contributed by atoms with van der Waals surface area (Å²) >= 11 is 1.21. The molecule has 1 aromatic rings. The third kappa shape index (κ3) is 2.48. The summed E-state index contributed by atoms with van der Waals surface area (Å²) in [6.45, 7) is 1.31. The lowest BCUT2D eigenvalue weighted by Gasteiger charge is -2.19. The molecule has 0 unspecified atom stereocenters. The Balaban J connectivity index is 2.04. The van der Waals surface area contributed by atoms with Gasteiger partial charge in [0.05, 0.1) is 6.54 Å². The summed E-state index contributed by atoms with van der Waals surface area (Å²) in [5.74, 6) is 5.54. The van der Waals surface area contributed by atoms with E-state index in [9.17, 15) is 4.79 Å². The summed E-state index contributed by atoms with van der Waals surface area (Å²) in [7, 11) is 0. The molecule has 88 valence electrons. The summed E-state index contributed by atoms with van der Waals surface area (Å²) in [5, 5.41) is 4.71. The number of likely N-dealkylation sites (tertiary alicyclic amines) is 1. The molecule has 1 aliphatic rings. The summed E-state index contributed by atoms with van der Waals surface area (Å²) in [6, 6.07) is 0. The zero-order chi connectivity index (χ0) is 11.4. The largest absolute Gasteiger partial charge is 0.337 e. The van der Waals surface area contributed by atoms with Crippen LogP contribution in [0.4, 0.5) is 5.00 Å². The third-order valence-electron chi connectivity index (χ3n) is 2.70. The first-order chi connectivity index (χ1) is 7.81. The van der Waals surface area contributed by atoms with Crippen LogP contribution >= 0.6 is 11.5 Å². The van der Waals surface area contributed by atoms with Gasteiger partial charge < -0.3 is 10.3 Å². The highest BCUT2D eigenvalue weighted by Crippen LogP contribution is 2.20. The minimum absolute atomic E-state index is 0.202. The smallest absolute Gasteiger partial charge is 0.222 e. The van der Waals surface area contributed by atoms with Crippen molar-refractivity contribution in [3.8, 4) is 0 Å². The number of nitrogens with two attached hydrogens (primary N) is 1. The van der Waals surface area contributed by atoms with Crippen molar-refractivity contribution in [1.29, 1.82) is 0 Å². The Bertz CT molecular complexity index is 367. The predicted molar refractivity (Wildman–Crippen MR) is 61.6 cm³/mol. The number of nitrogen functional groups attached to an aromatic ring is 1. The van der Waals surface area contributed by atoms with Crippen molar-refractivity contribution < 1.29 is 4.79 Å². The van der Waals surface area contributed by atoms with Crippen LogP contribution in [0.25, 0.3) is 0 Å². The van der Waals surface area contributed by atoms with Crippen LogP contribution in [0, 0.1) is 0 Å². The highest BCUT2D eigenvalue weighted by Gasteiger charge is 2.19. The van der Waals surface area contributed by atoms with Crippen molar-refractivity contribution in [2.45, 2.75) is 32.2 Å². The second-order valence-corrected chi connectivity index (χ2v) is 4.57. The summed E-state index contributed by atoms with van der Waals surface area (Å²) in [4.78, 5) is 13.6. The van der Waals surface area contributed by atoms with Crippen LogP contribution < -0.4 is 11.3 Å². The molecule has 1 aromatic heterocycles. The fourth-order valence-electron chi connectivity index (χ4n) is 1.81. The minimum Gasteiger partial charge on any atom is -0.337 e. The van der Waals surface area contributed by atoms with E-state index < -0.39 is 0 Å². The van der Waals surface area contributed by atoms with E-state index in [-0.39, 0.29) is 5.91 Å². The van der Waals surface area contributed by atoms with Crippen LogP contribution in [0.15, 0.2) is 0 Å². The van der Waals surface area contributed by atoms with Crippen molar-refractivity contribution in [1.82, 2.24) is 14.5 Å². The number of anilines is 1. The zero-order valence-electron chi connectivity index (χ0n) is 8.98. The van der Waals surface area contributed by atoms with E-state index >= 15 is 0 Å². The molecule has 0 saturated carbocycles. The molecule has 0 spiro atoms. The standard InChI is InChI=1S/C9H15N5OS/c10-11-9-7(12-13-16-9)6-14-5-3-1-2-4-8(14)15/h11H,1-6,10H2. The van der Waals surface area contributed by atoms with Crippen molar-refractivity contribution in [2.24, 2.45) is 5.84 Å². The zero-order valence-corrected chi connectivity index (χ0v) is 9.79. The SMILES string of the molecule is NNc1snnc1CN1CCCCCC1=O. The fourth-order valence-corrected chi connectivity index (χ4v) is 2.29. The van der Waals surface area contributed by atoms with Gasteiger partial charge in [-0.15, -0.1) is 5.10 Å². The first-order valence-corrected chi connectivity index (χ1v) is 6.14. The number of aromatic nitrogens is 2. The van der Waals surface area contributed by atoms with Crippen molar-refractivity contribution >= 4 is 22.4 Å². The Morgan fingerprint density at radius 1 is 1.44 bits per heavy atom. The molecule has 1 fully saturated rings. The van der Waals surface area contributed by atoms with Gasteiger partial charge in [0.25, 0.3) is 0 Å². The van der Waals surface area contributed by atoms with Gasteiger partial charge in [-0.2, -0.15) is 0 Å². The van der Waals surface area contributed by atoms with Gasteiger partial charge in [-0.1, -0.05) is 10.9 Å². The lowest BCUT2D eigenvalue weighted by atomic mass is 10.2. The lowest BCUT2D eigenvalue weighted by Crippen LogP contribution is -2.30. The Hall–Kier alpha value is -1.21. The highest BCUT2D eigenvalue weighted by molar-refractivity contribution is 7.10. The Morgan fingerprint density at radius 2 is 2.31 bits per heavy atom. The maximum Gasteiger partial charge on any atom is 0.222 e. The lowest BCUT2D eigenvalue weighted by molar-refractivity contribution is -0.131. The molecule has 0 atom stereocenters. The first kappa shape index (κ1) is 11.3. The van der Waals surface area contributed by atoms with Crippen LogP contribution in [0.2, 0.25) is 0 Å². The number of amides is 1. The topological polar surface area (TPSA) is 84.1 Å². The Kier molecular flexibility index (Phi) is 3.68. The summed E-state index contributed by atoms with van der Waals surface area (Å²) in [6.07, 6.45) is 3.82. The van der Waals surface area contributed by atoms with Gasteiger partial charge in [-0.3, -0.25) is 4.79 Å². The summed E-state index contributed by atoms with van der Waals surface area (Å²) < 4.78 is 3.82. The number of hydrazine groups is 1. The summed E-state index contributed by atoms with van der Waals surface area (Å²) in [5.41, 5.74) is 3.30. The molecular formula is C9H15N5OS. The number of rotatable bonds is 3. The first-order valence-electron chi connectivity index (χ1n) is 5.37. The van der Waals surface area contributed by atoms with Crippen molar-refractivity contribution in [3.63, 3.8) is 0 Å². The average molecular weight is 241 g/mol. The maximum absolute atomic E-state index is 11.8. The highest BCUT2D eigenvalue weighted by atomic mass is 32.1. The number of hydrogen-bond acceptors (Lipinski definition) is 6. The van der Waals surface area contributed by atoms with E-state index in [0.29, 0.717) is 13.0 Å². The van der Waals surface area contributed by atoms with Gasteiger partial charge in [0, 0.05) is 24.5 Å². The molecule has 0 aromatic carbocycles. The number of carbonyl (C=O) groups is 1. The van der Waals surface area contributed by atoms with Gasteiger partial charge in [0.2, 0.25) is 5.91 Å². The molecule has 16 heavy (non-hydrogen) atoms. The van der Waals surface area contributed by atoms with E-state index in [0.717, 1.165) is 36.5 Å². The molecule has 3 N–H and O–H groups in total. The molecule has 1 saturated heterocycles. The monoisotopic (exact) mass is 241 g/mol. The van der Waals surface area contributed by atoms with Crippen molar-refractivity contribution in [2.75, 3.05) is 12.0 Å². The Morgan fingerprint density at radius 3 is 3.12 bits per heavy atom. The van der Waals surface area contributed by atoms with E-state index in [1.807, 2.05) is 4.90 Å². The van der Waals surface area contributed by atoms with E-state index in [4.69, 9.17) is 5.84 Å². The minimum atomic E-state index is 0.202. The van der Waals surface area contributed by atoms with Gasteiger partial charge in [-0.05, 0) is 12.8 Å². The second-order valence-electron chi connectivity index (χ2n) is 3.82. The van der Waals surface area contributed by atoms with Crippen LogP contribution in [0.1, 0.15) is 31.4 Å². The Labute approximate surface area is 98.0 Å². The predicted octanol–water partition coefficient (Wildman–Crippen LogP) is 0.726. The molecule has 0 bridgehead atoms. The third-order valence-corrected chi connectivity index (χ3v) is 3.40. The quantitative estimate of drug-likeness (QED) is 0.602. The normalized spacial score (nSPS) is 17.3. The molecule has 2 rings (SSSR count). The average Bonchev–Trinajstić information content (AvgIpc) is 2.64. The second kappa shape index (κ2) is 5.22. The van der Waals surface area contributed by atoms with Crippen LogP contribution in [0.3, 0.4) is 0 Å². The number of carbonyl (C=O) groups excluding carboxylic acids is 1. The number of nitrogens with zero attached hydrogens (tertiary/aromatic N) is 3. The van der Waals surface area contributed by atoms with Crippen molar-refractivity contribution in [3.05, 3.63) is 5.69 Å². The number of hydrogen-bond donors (Lipinski definition) is 2. The van der Waals surface area contributed by atoms with Crippen LogP contribution in [-0.4, -0.2) is 26.9 Å². The van der Waals surface area contributed by atoms with Crippen LogP contribution in [0.5, 0.6) is 0 Å². The van der Waals surface area contributed by atoms with Gasteiger partial charge in [-0.25, -0.2) is 5.84 Å². The van der Waals surface area contributed by atoms with E-state index in [1.54, 1.807) is 0 Å².